The standard InChI is InChI=1S/C16H30N2S/c1-19-11-3-9-17-10-7-16(13-17)6-2-8-18(14-16)12-15-4-5-15/h15H,2-14H2,1H3/t16-/m1/s1. The van der Waals surface area contributed by atoms with Crippen LogP contribution in [0, 0.1) is 11.3 Å². The minimum atomic E-state index is 0.673. The Kier molecular flexibility index (Phi) is 4.76. The first kappa shape index (κ1) is 14.2. The Labute approximate surface area is 123 Å². The van der Waals surface area contributed by atoms with Crippen molar-refractivity contribution in [2.24, 2.45) is 11.3 Å². The summed E-state index contributed by atoms with van der Waals surface area (Å²) in [6.07, 6.45) is 11.0. The molecule has 0 radical (unpaired) electrons. The zero-order chi connectivity index (χ0) is 13.1. The summed E-state index contributed by atoms with van der Waals surface area (Å²) in [4.78, 5) is 5.55. The molecule has 0 aromatic heterocycles. The van der Waals surface area contributed by atoms with Crippen molar-refractivity contribution < 1.29 is 0 Å². The van der Waals surface area contributed by atoms with Crippen molar-refractivity contribution in [3.8, 4) is 0 Å². The van der Waals surface area contributed by atoms with Gasteiger partial charge in [-0.25, -0.2) is 0 Å². The van der Waals surface area contributed by atoms with Gasteiger partial charge in [0.05, 0.1) is 0 Å². The van der Waals surface area contributed by atoms with E-state index in [4.69, 9.17) is 0 Å². The Bertz CT molecular complexity index is 292. The summed E-state index contributed by atoms with van der Waals surface area (Å²) in [5.41, 5.74) is 0.673. The number of piperidine rings is 1. The van der Waals surface area contributed by atoms with Gasteiger partial charge in [0.2, 0.25) is 0 Å². The van der Waals surface area contributed by atoms with Gasteiger partial charge in [-0.15, -0.1) is 0 Å². The minimum Gasteiger partial charge on any atom is -0.303 e. The van der Waals surface area contributed by atoms with Crippen molar-refractivity contribution in [3.05, 3.63) is 0 Å². The molecule has 3 fully saturated rings. The van der Waals surface area contributed by atoms with Crippen LogP contribution in [0.15, 0.2) is 0 Å². The molecule has 0 bridgehead atoms. The quantitative estimate of drug-likeness (QED) is 0.692. The van der Waals surface area contributed by atoms with Gasteiger partial charge in [-0.1, -0.05) is 0 Å². The molecular formula is C16H30N2S. The minimum absolute atomic E-state index is 0.673. The van der Waals surface area contributed by atoms with Crippen LogP contribution in [0.5, 0.6) is 0 Å². The highest BCUT2D eigenvalue weighted by Gasteiger charge is 2.41. The third-order valence-corrected chi connectivity index (χ3v) is 5.99. The number of hydrogen-bond donors (Lipinski definition) is 0. The van der Waals surface area contributed by atoms with E-state index in [1.807, 2.05) is 11.8 Å². The van der Waals surface area contributed by atoms with Crippen LogP contribution in [0.25, 0.3) is 0 Å². The van der Waals surface area contributed by atoms with Gasteiger partial charge in [0, 0.05) is 19.6 Å². The molecule has 0 aromatic carbocycles. The fourth-order valence-electron chi connectivity index (χ4n) is 4.12. The van der Waals surface area contributed by atoms with Gasteiger partial charge in [0.1, 0.15) is 0 Å². The van der Waals surface area contributed by atoms with Crippen molar-refractivity contribution in [2.75, 3.05) is 51.3 Å². The molecule has 0 unspecified atom stereocenters. The predicted octanol–water partition coefficient (Wildman–Crippen LogP) is 2.94. The topological polar surface area (TPSA) is 6.48 Å². The number of rotatable bonds is 6. The molecule has 1 spiro atoms. The van der Waals surface area contributed by atoms with Gasteiger partial charge < -0.3 is 9.80 Å². The lowest BCUT2D eigenvalue weighted by molar-refractivity contribution is 0.0893. The first-order valence-electron chi connectivity index (χ1n) is 8.23. The van der Waals surface area contributed by atoms with E-state index < -0.39 is 0 Å². The van der Waals surface area contributed by atoms with Crippen LogP contribution in [0.3, 0.4) is 0 Å². The predicted molar refractivity (Wildman–Crippen MR) is 84.9 cm³/mol. The molecule has 3 rings (SSSR count). The molecule has 3 aliphatic rings. The maximum absolute atomic E-state index is 2.80. The van der Waals surface area contributed by atoms with Crippen LogP contribution in [0.4, 0.5) is 0 Å². The Morgan fingerprint density at radius 1 is 1.11 bits per heavy atom. The van der Waals surface area contributed by atoms with E-state index in [-0.39, 0.29) is 0 Å². The summed E-state index contributed by atoms with van der Waals surface area (Å²) in [7, 11) is 0. The van der Waals surface area contributed by atoms with E-state index in [1.54, 1.807) is 0 Å². The SMILES string of the molecule is CSCCCN1CC[C@]2(CCCN(CC3CC3)C2)C1. The summed E-state index contributed by atoms with van der Waals surface area (Å²) in [5, 5.41) is 0. The lowest BCUT2D eigenvalue weighted by Crippen LogP contribution is -2.45. The number of thioether (sulfide) groups is 1. The van der Waals surface area contributed by atoms with Crippen LogP contribution < -0.4 is 0 Å². The van der Waals surface area contributed by atoms with E-state index in [9.17, 15) is 0 Å². The second kappa shape index (κ2) is 6.36. The van der Waals surface area contributed by atoms with Gasteiger partial charge in [-0.2, -0.15) is 11.8 Å². The van der Waals surface area contributed by atoms with Gasteiger partial charge >= 0.3 is 0 Å². The summed E-state index contributed by atoms with van der Waals surface area (Å²) >= 11 is 1.99. The van der Waals surface area contributed by atoms with E-state index in [0.717, 1.165) is 5.92 Å². The molecule has 3 heteroatoms. The number of hydrogen-bond acceptors (Lipinski definition) is 3. The maximum atomic E-state index is 2.80. The van der Waals surface area contributed by atoms with Gasteiger partial charge in [-0.3, -0.25) is 0 Å². The largest absolute Gasteiger partial charge is 0.303 e. The maximum Gasteiger partial charge on any atom is 0.00508 e. The fourth-order valence-corrected chi connectivity index (χ4v) is 4.53. The highest BCUT2D eigenvalue weighted by atomic mass is 32.2. The fraction of sp³-hybridized carbons (Fsp3) is 1.00. The zero-order valence-corrected chi connectivity index (χ0v) is 13.4. The first-order valence-corrected chi connectivity index (χ1v) is 9.63. The molecule has 1 saturated carbocycles. The summed E-state index contributed by atoms with van der Waals surface area (Å²) in [5.74, 6) is 2.39. The average molecular weight is 282 g/mol. The second-order valence-electron chi connectivity index (χ2n) is 7.15. The summed E-state index contributed by atoms with van der Waals surface area (Å²) < 4.78 is 0. The Balaban J connectivity index is 1.46. The normalized spacial score (nSPS) is 33.3. The zero-order valence-electron chi connectivity index (χ0n) is 12.6. The van der Waals surface area contributed by atoms with Crippen LogP contribution in [-0.4, -0.2) is 61.1 Å². The van der Waals surface area contributed by atoms with Crippen LogP contribution in [0.1, 0.15) is 38.5 Å². The molecule has 0 aromatic rings. The van der Waals surface area contributed by atoms with E-state index in [2.05, 4.69) is 16.1 Å². The third kappa shape index (κ3) is 3.89. The monoisotopic (exact) mass is 282 g/mol. The third-order valence-electron chi connectivity index (χ3n) is 5.29. The van der Waals surface area contributed by atoms with E-state index in [0.29, 0.717) is 5.41 Å². The lowest BCUT2D eigenvalue weighted by atomic mass is 9.79. The summed E-state index contributed by atoms with van der Waals surface area (Å²) in [6, 6.07) is 0. The molecule has 110 valence electrons. The Morgan fingerprint density at radius 3 is 2.74 bits per heavy atom. The highest BCUT2D eigenvalue weighted by molar-refractivity contribution is 7.98. The molecule has 19 heavy (non-hydrogen) atoms. The molecule has 1 atom stereocenters. The molecule has 2 nitrogen and oxygen atoms in total. The van der Waals surface area contributed by atoms with Crippen LogP contribution in [-0.2, 0) is 0 Å². The van der Waals surface area contributed by atoms with Crippen molar-refractivity contribution in [1.82, 2.24) is 9.80 Å². The highest BCUT2D eigenvalue weighted by Crippen LogP contribution is 2.40. The van der Waals surface area contributed by atoms with Gasteiger partial charge in [-0.05, 0) is 81.5 Å². The first-order chi connectivity index (χ1) is 9.30. The average Bonchev–Trinajstić information content (AvgIpc) is 3.13. The van der Waals surface area contributed by atoms with E-state index in [1.165, 1.54) is 83.5 Å². The molecule has 2 saturated heterocycles. The van der Waals surface area contributed by atoms with Crippen molar-refractivity contribution in [2.45, 2.75) is 38.5 Å². The van der Waals surface area contributed by atoms with Crippen molar-refractivity contribution >= 4 is 11.8 Å². The Hall–Kier alpha value is 0.270. The molecular weight excluding hydrogens is 252 g/mol. The smallest absolute Gasteiger partial charge is 0.00508 e. The molecule has 0 N–H and O–H groups in total. The Morgan fingerprint density at radius 2 is 1.95 bits per heavy atom. The molecule has 2 heterocycles. The molecule has 2 aliphatic heterocycles. The van der Waals surface area contributed by atoms with Gasteiger partial charge in [0.25, 0.3) is 0 Å². The van der Waals surface area contributed by atoms with Crippen molar-refractivity contribution in [3.63, 3.8) is 0 Å². The van der Waals surface area contributed by atoms with Gasteiger partial charge in [0.15, 0.2) is 0 Å². The van der Waals surface area contributed by atoms with Crippen molar-refractivity contribution in [1.29, 1.82) is 0 Å². The number of nitrogens with zero attached hydrogens (tertiary/aromatic N) is 2. The van der Waals surface area contributed by atoms with Crippen LogP contribution in [0.2, 0.25) is 0 Å². The lowest BCUT2D eigenvalue weighted by Gasteiger charge is -2.40. The number of likely N-dealkylation sites (tertiary alicyclic amines) is 2. The molecule has 0 amide bonds. The van der Waals surface area contributed by atoms with E-state index >= 15 is 0 Å². The second-order valence-corrected chi connectivity index (χ2v) is 8.14. The van der Waals surface area contributed by atoms with Crippen LogP contribution >= 0.6 is 11.8 Å². The summed E-state index contributed by atoms with van der Waals surface area (Å²) in [6.45, 7) is 8.29. The molecule has 1 aliphatic carbocycles.